The summed E-state index contributed by atoms with van der Waals surface area (Å²) in [6.07, 6.45) is 2.45. The Kier molecular flexibility index (Phi) is 3.57. The highest BCUT2D eigenvalue weighted by molar-refractivity contribution is 5.86. The Hall–Kier alpha value is -2.67. The summed E-state index contributed by atoms with van der Waals surface area (Å²) in [4.78, 5) is 14.7. The maximum atomic E-state index is 13.3. The molecule has 0 aromatic heterocycles. The van der Waals surface area contributed by atoms with Crippen LogP contribution in [-0.4, -0.2) is 11.8 Å². The van der Waals surface area contributed by atoms with Crippen molar-refractivity contribution in [1.29, 1.82) is 5.26 Å². The molecule has 0 amide bonds. The average molecular weight is 320 g/mol. The Morgan fingerprint density at radius 3 is 2.38 bits per heavy atom. The first-order valence-electron chi connectivity index (χ1n) is 8.24. The van der Waals surface area contributed by atoms with Gasteiger partial charge >= 0.3 is 0 Å². The quantitative estimate of drug-likeness (QED) is 0.840. The van der Waals surface area contributed by atoms with Crippen LogP contribution in [0, 0.1) is 23.1 Å². The van der Waals surface area contributed by atoms with E-state index in [0.29, 0.717) is 17.8 Å². The SMILES string of the molecule is N#Cc1ccc(C2C3CCC(CC3=O)N2c2ccc(F)cc2)cc1. The third kappa shape index (κ3) is 2.37. The molecule has 2 aliphatic heterocycles. The molecule has 2 saturated heterocycles. The van der Waals surface area contributed by atoms with Crippen molar-refractivity contribution >= 4 is 11.5 Å². The molecular formula is C20H17FN2O. The molecule has 2 aromatic carbocycles. The van der Waals surface area contributed by atoms with Gasteiger partial charge in [0.25, 0.3) is 0 Å². The molecule has 2 bridgehead atoms. The highest BCUT2D eigenvalue weighted by Crippen LogP contribution is 2.47. The number of anilines is 1. The normalized spacial score (nSPS) is 25.6. The van der Waals surface area contributed by atoms with Gasteiger partial charge in [0.15, 0.2) is 0 Å². The van der Waals surface area contributed by atoms with E-state index in [1.165, 1.54) is 12.1 Å². The number of carbonyl (C=O) groups excluding carboxylic acids is 1. The van der Waals surface area contributed by atoms with Gasteiger partial charge in [0.05, 0.1) is 17.7 Å². The smallest absolute Gasteiger partial charge is 0.140 e. The van der Waals surface area contributed by atoms with Crippen LogP contribution < -0.4 is 4.90 Å². The standard InChI is InChI=1S/C20H17FN2O/c21-15-5-7-16(8-6-15)23-17-9-10-18(19(24)11-17)20(23)14-3-1-13(12-22)2-4-14/h1-8,17-18,20H,9-11H2. The van der Waals surface area contributed by atoms with Crippen LogP contribution in [0.3, 0.4) is 0 Å². The zero-order chi connectivity index (χ0) is 16.7. The number of Topliss-reactive ketones (excluding diaryl/α,β-unsaturated/α-hetero) is 1. The van der Waals surface area contributed by atoms with Crippen LogP contribution in [0.5, 0.6) is 0 Å². The fourth-order valence-electron chi connectivity index (χ4n) is 4.14. The summed E-state index contributed by atoms with van der Waals surface area (Å²) < 4.78 is 13.3. The van der Waals surface area contributed by atoms with E-state index >= 15 is 0 Å². The van der Waals surface area contributed by atoms with E-state index in [2.05, 4.69) is 11.0 Å². The van der Waals surface area contributed by atoms with Crippen molar-refractivity contribution in [3.63, 3.8) is 0 Å². The minimum Gasteiger partial charge on any atom is -0.360 e. The first-order chi connectivity index (χ1) is 11.7. The molecule has 3 aliphatic rings. The summed E-state index contributed by atoms with van der Waals surface area (Å²) in [5, 5.41) is 8.99. The average Bonchev–Trinajstić information content (AvgIpc) is 2.62. The third-order valence-electron chi connectivity index (χ3n) is 5.24. The minimum absolute atomic E-state index is 0.0343. The maximum absolute atomic E-state index is 13.3. The summed E-state index contributed by atoms with van der Waals surface area (Å²) in [6.45, 7) is 0. The number of fused-ring (bicyclic) bond motifs is 3. The molecule has 0 N–H and O–H groups in total. The van der Waals surface area contributed by atoms with Gasteiger partial charge in [-0.3, -0.25) is 4.79 Å². The Labute approximate surface area is 140 Å². The predicted octanol–water partition coefficient (Wildman–Crippen LogP) is 4.00. The van der Waals surface area contributed by atoms with Crippen molar-refractivity contribution in [2.45, 2.75) is 31.3 Å². The first-order valence-corrected chi connectivity index (χ1v) is 8.24. The Morgan fingerprint density at radius 1 is 1.04 bits per heavy atom. The number of piperidine rings is 2. The van der Waals surface area contributed by atoms with Gasteiger partial charge in [-0.05, 0) is 54.8 Å². The van der Waals surface area contributed by atoms with Gasteiger partial charge in [-0.25, -0.2) is 4.39 Å². The van der Waals surface area contributed by atoms with Crippen molar-refractivity contribution in [2.24, 2.45) is 5.92 Å². The summed E-state index contributed by atoms with van der Waals surface area (Å²) in [6, 6.07) is 16.2. The maximum Gasteiger partial charge on any atom is 0.140 e. The lowest BCUT2D eigenvalue weighted by atomic mass is 9.71. The molecule has 2 heterocycles. The fraction of sp³-hybridized carbons (Fsp3) is 0.300. The van der Waals surface area contributed by atoms with Crippen molar-refractivity contribution in [3.8, 4) is 6.07 Å². The van der Waals surface area contributed by atoms with Gasteiger partial charge in [0, 0.05) is 24.1 Å². The number of ketones is 1. The van der Waals surface area contributed by atoms with Crippen LogP contribution in [0.2, 0.25) is 0 Å². The van der Waals surface area contributed by atoms with Gasteiger partial charge in [0.1, 0.15) is 11.6 Å². The van der Waals surface area contributed by atoms with Gasteiger partial charge in [-0.2, -0.15) is 5.26 Å². The highest BCUT2D eigenvalue weighted by Gasteiger charge is 2.47. The number of carbonyl (C=O) groups is 1. The zero-order valence-electron chi connectivity index (χ0n) is 13.2. The molecule has 1 saturated carbocycles. The molecule has 1 aliphatic carbocycles. The van der Waals surface area contributed by atoms with E-state index in [-0.39, 0.29) is 23.8 Å². The first kappa shape index (κ1) is 14.9. The molecule has 3 nitrogen and oxygen atoms in total. The van der Waals surface area contributed by atoms with Crippen LogP contribution >= 0.6 is 0 Å². The second-order valence-corrected chi connectivity index (χ2v) is 6.57. The van der Waals surface area contributed by atoms with E-state index < -0.39 is 0 Å². The van der Waals surface area contributed by atoms with Gasteiger partial charge in [-0.1, -0.05) is 12.1 Å². The molecule has 4 heteroatoms. The van der Waals surface area contributed by atoms with E-state index in [1.54, 1.807) is 24.3 Å². The molecule has 0 spiro atoms. The van der Waals surface area contributed by atoms with Gasteiger partial charge < -0.3 is 4.90 Å². The number of hydrogen-bond donors (Lipinski definition) is 0. The minimum atomic E-state index is -0.257. The van der Waals surface area contributed by atoms with Crippen LogP contribution in [0.15, 0.2) is 48.5 Å². The van der Waals surface area contributed by atoms with Crippen molar-refractivity contribution < 1.29 is 9.18 Å². The number of hydrogen-bond acceptors (Lipinski definition) is 3. The molecule has 120 valence electrons. The van der Waals surface area contributed by atoms with E-state index in [0.717, 1.165) is 24.1 Å². The predicted molar refractivity (Wildman–Crippen MR) is 88.9 cm³/mol. The Morgan fingerprint density at radius 2 is 1.75 bits per heavy atom. The van der Waals surface area contributed by atoms with E-state index in [1.807, 2.05) is 12.1 Å². The topological polar surface area (TPSA) is 44.1 Å². The summed E-state index contributed by atoms with van der Waals surface area (Å²) in [5.41, 5.74) is 2.61. The third-order valence-corrected chi connectivity index (χ3v) is 5.24. The molecule has 2 aromatic rings. The molecule has 3 fully saturated rings. The molecule has 3 unspecified atom stereocenters. The summed E-state index contributed by atoms with van der Waals surface area (Å²) >= 11 is 0. The molecule has 24 heavy (non-hydrogen) atoms. The summed E-state index contributed by atoms with van der Waals surface area (Å²) in [5.74, 6) is 0.0267. The zero-order valence-corrected chi connectivity index (χ0v) is 13.2. The number of benzene rings is 2. The van der Waals surface area contributed by atoms with Gasteiger partial charge in [-0.15, -0.1) is 0 Å². The monoisotopic (exact) mass is 320 g/mol. The van der Waals surface area contributed by atoms with Crippen LogP contribution in [0.25, 0.3) is 0 Å². The molecule has 0 radical (unpaired) electrons. The number of nitrogens with zero attached hydrogens (tertiary/aromatic N) is 2. The van der Waals surface area contributed by atoms with Crippen molar-refractivity contribution in [1.82, 2.24) is 0 Å². The largest absolute Gasteiger partial charge is 0.360 e. The molecule has 3 atom stereocenters. The number of halogens is 1. The molecule has 5 rings (SSSR count). The lowest BCUT2D eigenvalue weighted by molar-refractivity contribution is -0.128. The molecular weight excluding hydrogens is 303 g/mol. The summed E-state index contributed by atoms with van der Waals surface area (Å²) in [7, 11) is 0. The number of rotatable bonds is 2. The van der Waals surface area contributed by atoms with E-state index in [9.17, 15) is 9.18 Å². The highest BCUT2D eigenvalue weighted by atomic mass is 19.1. The fourth-order valence-corrected chi connectivity index (χ4v) is 4.14. The van der Waals surface area contributed by atoms with Crippen molar-refractivity contribution in [3.05, 3.63) is 65.5 Å². The number of nitriles is 1. The lowest BCUT2D eigenvalue weighted by Gasteiger charge is -2.52. The lowest BCUT2D eigenvalue weighted by Crippen LogP contribution is -2.54. The van der Waals surface area contributed by atoms with E-state index in [4.69, 9.17) is 5.26 Å². The van der Waals surface area contributed by atoms with Gasteiger partial charge in [0.2, 0.25) is 0 Å². The second kappa shape index (κ2) is 5.76. The second-order valence-electron chi connectivity index (χ2n) is 6.57. The van der Waals surface area contributed by atoms with Crippen LogP contribution in [0.4, 0.5) is 10.1 Å². The van der Waals surface area contributed by atoms with Crippen LogP contribution in [-0.2, 0) is 4.79 Å². The van der Waals surface area contributed by atoms with Crippen LogP contribution in [0.1, 0.15) is 36.4 Å². The Bertz CT molecular complexity index is 807. The van der Waals surface area contributed by atoms with Crippen molar-refractivity contribution in [2.75, 3.05) is 4.90 Å². The Balaban J connectivity index is 1.78.